The van der Waals surface area contributed by atoms with Gasteiger partial charge in [0.1, 0.15) is 5.60 Å². The maximum Gasteiger partial charge on any atom is 0.261 e. The molecule has 4 nitrogen and oxygen atoms in total. The van der Waals surface area contributed by atoms with Crippen LogP contribution in [0.1, 0.15) is 78.0 Å². The first-order valence-electron chi connectivity index (χ1n) is 25.1. The molecule has 0 radical (unpaired) electrons. The van der Waals surface area contributed by atoms with E-state index in [-0.39, 0.29) is 28.7 Å². The first kappa shape index (κ1) is 51.9. The molecule has 1 saturated heterocycles. The minimum absolute atomic E-state index is 0.127. The molecule has 0 aliphatic carbocycles. The van der Waals surface area contributed by atoms with E-state index in [0.29, 0.717) is 13.0 Å². The Balaban J connectivity index is 1.24. The van der Waals surface area contributed by atoms with Crippen LogP contribution in [0.2, 0.25) is 10.1 Å². The van der Waals surface area contributed by atoms with Crippen molar-refractivity contribution in [3.63, 3.8) is 0 Å². The van der Waals surface area contributed by atoms with Crippen LogP contribution in [0.3, 0.4) is 0 Å². The number of thioether (sulfide) groups is 2. The van der Waals surface area contributed by atoms with Crippen molar-refractivity contribution in [3.8, 4) is 0 Å². The maximum absolute atomic E-state index is 12.9. The Kier molecular flexibility index (Phi) is 16.7. The number of benzene rings is 7. The van der Waals surface area contributed by atoms with Crippen molar-refractivity contribution >= 4 is 60.9 Å². The number of ether oxygens (including phenoxy) is 1. The second kappa shape index (κ2) is 22.5. The zero-order valence-corrected chi connectivity index (χ0v) is 45.8. The van der Waals surface area contributed by atoms with Crippen LogP contribution < -0.4 is 20.7 Å². The summed E-state index contributed by atoms with van der Waals surface area (Å²) >= 11 is 3.99. The van der Waals surface area contributed by atoms with E-state index in [1.165, 1.54) is 20.7 Å². The lowest BCUT2D eigenvalue weighted by atomic mass is 9.80. The van der Waals surface area contributed by atoms with Crippen molar-refractivity contribution in [3.05, 3.63) is 229 Å². The van der Waals surface area contributed by atoms with E-state index >= 15 is 0 Å². The van der Waals surface area contributed by atoms with E-state index in [2.05, 4.69) is 243 Å². The van der Waals surface area contributed by atoms with Crippen LogP contribution in [-0.2, 0) is 19.2 Å². The summed E-state index contributed by atoms with van der Waals surface area (Å²) in [5.74, 6) is 1.80. The summed E-state index contributed by atoms with van der Waals surface area (Å²) in [6, 6.07) is 75.4. The third-order valence-corrected chi connectivity index (χ3v) is 28.3. The molecule has 0 aromatic heterocycles. The van der Waals surface area contributed by atoms with Gasteiger partial charge >= 0.3 is 0 Å². The van der Waals surface area contributed by atoms with Gasteiger partial charge in [-0.2, -0.15) is 0 Å². The monoisotopic (exact) mass is 1000 g/mol. The van der Waals surface area contributed by atoms with Crippen molar-refractivity contribution < 1.29 is 18.7 Å². The van der Waals surface area contributed by atoms with E-state index in [1.54, 1.807) is 0 Å². The number of aliphatic hydroxyl groups excluding tert-OH is 1. The van der Waals surface area contributed by atoms with Crippen molar-refractivity contribution in [1.29, 1.82) is 0 Å². The van der Waals surface area contributed by atoms with Gasteiger partial charge in [-0.25, -0.2) is 0 Å². The fraction of sp³-hybridized carbons (Fsp3) is 0.323. The number of hydrogen-bond donors (Lipinski definition) is 1. The van der Waals surface area contributed by atoms with Crippen molar-refractivity contribution in [2.75, 3.05) is 24.7 Å². The number of rotatable bonds is 19. The van der Waals surface area contributed by atoms with Gasteiger partial charge in [0.05, 0.1) is 29.5 Å². The average Bonchev–Trinajstić information content (AvgIpc) is 3.39. The van der Waals surface area contributed by atoms with Gasteiger partial charge in [-0.1, -0.05) is 261 Å². The molecule has 70 heavy (non-hydrogen) atoms. The van der Waals surface area contributed by atoms with E-state index in [4.69, 9.17) is 13.6 Å². The standard InChI is InChI=1S/C62H72O4S2Si2/c1-49(58(63)48-64-62(50-30-15-8-16-31-50,51-32-17-9-18-33-51)52-34-19-10-20-35-52)61(67-44-29-45-68-61)46-53(66-70(60(5,6)7,56-40-25-13-26-41-56)57-42-27-14-28-43-57)47-65-69(59(2,3)4,54-36-21-11-22-37-54)55-38-23-12-24-39-55/h8-28,30-43,49,53,58,63H,29,44-48H2,1-7H3/t49-,53-,58+/m0/s1. The quantitative estimate of drug-likeness (QED) is 0.0643. The molecular formula is C62H72O4S2Si2. The highest BCUT2D eigenvalue weighted by atomic mass is 32.2. The number of aliphatic hydroxyl groups is 1. The SMILES string of the molecule is C[C@@H]([C@H](O)COC(c1ccccc1)(c1ccccc1)c1ccccc1)C1(C[C@@H](CO[Si](c2ccccc2)(c2ccccc2)C(C)(C)C)O[Si](c2ccccc2)(c2ccccc2)C(C)(C)C)SCCCS1. The maximum atomic E-state index is 12.9. The lowest BCUT2D eigenvalue weighted by Gasteiger charge is -2.50. The lowest BCUT2D eigenvalue weighted by molar-refractivity contribution is -0.0562. The first-order valence-corrected chi connectivity index (χ1v) is 30.9. The molecular weight excluding hydrogens is 929 g/mol. The Labute approximate surface area is 429 Å². The zero-order chi connectivity index (χ0) is 49.3. The highest BCUT2D eigenvalue weighted by Gasteiger charge is 2.55. The summed E-state index contributed by atoms with van der Waals surface area (Å²) in [6.45, 7) is 16.9. The van der Waals surface area contributed by atoms with Crippen LogP contribution in [0.25, 0.3) is 0 Å². The highest BCUT2D eigenvalue weighted by molar-refractivity contribution is 8.18. The third kappa shape index (κ3) is 10.5. The summed E-state index contributed by atoms with van der Waals surface area (Å²) in [6.07, 6.45) is 0.622. The van der Waals surface area contributed by atoms with Gasteiger partial charge in [0.25, 0.3) is 16.6 Å². The molecule has 3 atom stereocenters. The molecule has 8 rings (SSSR count). The van der Waals surface area contributed by atoms with Gasteiger partial charge in [0.2, 0.25) is 0 Å². The van der Waals surface area contributed by atoms with Gasteiger partial charge in [-0.3, -0.25) is 0 Å². The number of hydrogen-bond acceptors (Lipinski definition) is 6. The van der Waals surface area contributed by atoms with E-state index in [1.807, 2.05) is 41.7 Å². The predicted octanol–water partition coefficient (Wildman–Crippen LogP) is 12.5. The van der Waals surface area contributed by atoms with Crippen LogP contribution in [0.5, 0.6) is 0 Å². The van der Waals surface area contributed by atoms with Crippen LogP contribution in [0.4, 0.5) is 0 Å². The topological polar surface area (TPSA) is 47.9 Å². The van der Waals surface area contributed by atoms with Crippen LogP contribution in [0.15, 0.2) is 212 Å². The Morgan fingerprint density at radius 3 is 1.16 bits per heavy atom. The third-order valence-electron chi connectivity index (χ3n) is 14.4. The minimum atomic E-state index is -3.12. The normalized spacial score (nSPS) is 16.0. The molecule has 0 spiro atoms. The van der Waals surface area contributed by atoms with E-state index < -0.39 is 32.4 Å². The highest BCUT2D eigenvalue weighted by Crippen LogP contribution is 2.53. The molecule has 0 saturated carbocycles. The van der Waals surface area contributed by atoms with Gasteiger partial charge in [0, 0.05) is 5.92 Å². The molecule has 364 valence electrons. The van der Waals surface area contributed by atoms with Gasteiger partial charge < -0.3 is 18.7 Å². The molecule has 1 N–H and O–H groups in total. The summed E-state index contributed by atoms with van der Waals surface area (Å²) < 4.78 is 23.2. The van der Waals surface area contributed by atoms with Gasteiger partial charge in [-0.15, -0.1) is 23.5 Å². The largest absolute Gasteiger partial charge is 0.405 e. The first-order chi connectivity index (χ1) is 33.8. The predicted molar refractivity (Wildman–Crippen MR) is 303 cm³/mol. The molecule has 1 fully saturated rings. The van der Waals surface area contributed by atoms with Crippen LogP contribution >= 0.6 is 23.5 Å². The van der Waals surface area contributed by atoms with Crippen molar-refractivity contribution in [2.45, 2.75) is 93.3 Å². The van der Waals surface area contributed by atoms with Crippen molar-refractivity contribution in [2.24, 2.45) is 5.92 Å². The molecule has 8 heteroatoms. The zero-order valence-electron chi connectivity index (χ0n) is 42.2. The molecule has 7 aromatic rings. The van der Waals surface area contributed by atoms with E-state index in [0.717, 1.165) is 34.6 Å². The molecule has 1 aliphatic heterocycles. The van der Waals surface area contributed by atoms with E-state index in [9.17, 15) is 5.11 Å². The van der Waals surface area contributed by atoms with Crippen LogP contribution in [-0.4, -0.2) is 62.7 Å². The average molecular weight is 1000 g/mol. The Bertz CT molecular complexity index is 2470. The molecule has 1 heterocycles. The second-order valence-corrected chi connectivity index (χ2v) is 32.6. The fourth-order valence-corrected chi connectivity index (χ4v) is 23.9. The Hall–Kier alpha value is -4.49. The molecule has 0 bridgehead atoms. The molecule has 0 unspecified atom stereocenters. The van der Waals surface area contributed by atoms with Crippen molar-refractivity contribution in [1.82, 2.24) is 0 Å². The molecule has 0 amide bonds. The van der Waals surface area contributed by atoms with Gasteiger partial charge in [-0.05, 0) is 71.9 Å². The summed E-state index contributed by atoms with van der Waals surface area (Å²) in [7, 11) is -6.12. The Morgan fingerprint density at radius 2 is 0.814 bits per heavy atom. The second-order valence-electron chi connectivity index (χ2n) is 20.9. The molecule has 1 aliphatic rings. The summed E-state index contributed by atoms with van der Waals surface area (Å²) in [5.41, 5.74) is 2.09. The fourth-order valence-electron chi connectivity index (χ4n) is 10.9. The Morgan fingerprint density at radius 1 is 0.486 bits per heavy atom. The minimum Gasteiger partial charge on any atom is -0.405 e. The lowest BCUT2D eigenvalue weighted by Crippen LogP contribution is -2.70. The summed E-state index contributed by atoms with van der Waals surface area (Å²) in [5, 5.41) is 17.4. The smallest absolute Gasteiger partial charge is 0.261 e. The van der Waals surface area contributed by atoms with Gasteiger partial charge in [0.15, 0.2) is 0 Å². The van der Waals surface area contributed by atoms with Crippen LogP contribution in [0, 0.1) is 5.92 Å². The summed E-state index contributed by atoms with van der Waals surface area (Å²) in [4.78, 5) is 0. The molecule has 7 aromatic carbocycles.